The monoisotopic (exact) mass is 257 g/mol. The Morgan fingerprint density at radius 3 is 2.63 bits per heavy atom. The summed E-state index contributed by atoms with van der Waals surface area (Å²) in [5.41, 5.74) is 3.71. The number of hydrogen-bond donors (Lipinski definition) is 1. The molecule has 2 rings (SSSR count). The zero-order valence-electron chi connectivity index (χ0n) is 12.4. The van der Waals surface area contributed by atoms with Crippen LogP contribution >= 0.6 is 0 Å². The van der Waals surface area contributed by atoms with E-state index in [1.807, 2.05) is 19.6 Å². The van der Waals surface area contributed by atoms with Gasteiger partial charge in [0, 0.05) is 17.1 Å². The molecule has 0 radical (unpaired) electrons. The Balaban J connectivity index is 2.46. The van der Waals surface area contributed by atoms with Gasteiger partial charge in [0.15, 0.2) is 0 Å². The molecule has 1 N–H and O–H groups in total. The van der Waals surface area contributed by atoms with Crippen molar-refractivity contribution >= 4 is 0 Å². The first-order valence-corrected chi connectivity index (χ1v) is 6.74. The Labute approximate surface area is 115 Å². The molecule has 0 bridgehead atoms. The van der Waals surface area contributed by atoms with E-state index in [0.29, 0.717) is 6.04 Å². The summed E-state index contributed by atoms with van der Waals surface area (Å²) >= 11 is 0. The molecule has 0 spiro atoms. The fraction of sp³-hybridized carbons (Fsp3) is 0.438. The van der Waals surface area contributed by atoms with E-state index in [-0.39, 0.29) is 5.54 Å². The highest BCUT2D eigenvalue weighted by molar-refractivity contribution is 5.60. The van der Waals surface area contributed by atoms with Crippen LogP contribution in [0.3, 0.4) is 0 Å². The topological polar surface area (TPSA) is 29.9 Å². The van der Waals surface area contributed by atoms with Crippen LogP contribution in [0, 0.1) is 0 Å². The average molecular weight is 257 g/mol. The highest BCUT2D eigenvalue weighted by Gasteiger charge is 2.17. The maximum atomic E-state index is 4.31. The lowest BCUT2D eigenvalue weighted by molar-refractivity contribution is 0.400. The molecule has 3 nitrogen and oxygen atoms in total. The number of aromatic nitrogens is 2. The van der Waals surface area contributed by atoms with Crippen LogP contribution in [0.25, 0.3) is 11.3 Å². The lowest BCUT2D eigenvalue weighted by Gasteiger charge is -2.24. The van der Waals surface area contributed by atoms with Crippen LogP contribution in [0.1, 0.15) is 39.3 Å². The Kier molecular flexibility index (Phi) is 3.76. The summed E-state index contributed by atoms with van der Waals surface area (Å²) < 4.78 is 2.22. The van der Waals surface area contributed by atoms with Crippen molar-refractivity contribution < 1.29 is 0 Å². The fourth-order valence-electron chi connectivity index (χ4n) is 2.18. The predicted molar refractivity (Wildman–Crippen MR) is 80.1 cm³/mol. The van der Waals surface area contributed by atoms with Crippen molar-refractivity contribution in [3.05, 3.63) is 42.4 Å². The van der Waals surface area contributed by atoms with Gasteiger partial charge in [0.25, 0.3) is 0 Å². The Hall–Kier alpha value is -1.61. The molecule has 1 atom stereocenters. The van der Waals surface area contributed by atoms with Crippen LogP contribution in [0.2, 0.25) is 0 Å². The van der Waals surface area contributed by atoms with Crippen LogP contribution in [0.15, 0.2) is 36.8 Å². The van der Waals surface area contributed by atoms with Crippen LogP contribution in [-0.4, -0.2) is 16.6 Å². The van der Waals surface area contributed by atoms with E-state index in [9.17, 15) is 0 Å². The standard InChI is InChI=1S/C16H23N3/c1-12(17-5)13-7-6-8-14(9-13)15-10-18-11-19(15)16(2,3)4/h6-12,17H,1-5H3. The molecule has 19 heavy (non-hydrogen) atoms. The van der Waals surface area contributed by atoms with Gasteiger partial charge in [-0.05, 0) is 46.4 Å². The quantitative estimate of drug-likeness (QED) is 0.910. The predicted octanol–water partition coefficient (Wildman–Crippen LogP) is 3.59. The SMILES string of the molecule is CNC(C)c1cccc(-c2cncn2C(C)(C)C)c1. The minimum Gasteiger partial charge on any atom is -0.325 e. The minimum atomic E-state index is 0.0382. The van der Waals surface area contributed by atoms with Crippen molar-refractivity contribution in [1.29, 1.82) is 0 Å². The van der Waals surface area contributed by atoms with Crippen LogP contribution < -0.4 is 5.32 Å². The van der Waals surface area contributed by atoms with Crippen LogP contribution in [-0.2, 0) is 5.54 Å². The molecule has 0 aliphatic heterocycles. The van der Waals surface area contributed by atoms with Crippen molar-refractivity contribution in [1.82, 2.24) is 14.9 Å². The Bertz CT molecular complexity index is 549. The Morgan fingerprint density at radius 2 is 2.00 bits per heavy atom. The lowest BCUT2D eigenvalue weighted by atomic mass is 10.0. The first kappa shape index (κ1) is 13.8. The third-order valence-electron chi connectivity index (χ3n) is 3.48. The smallest absolute Gasteiger partial charge is 0.0955 e. The van der Waals surface area contributed by atoms with E-state index in [1.165, 1.54) is 11.1 Å². The second-order valence-electron chi connectivity index (χ2n) is 5.96. The molecule has 0 aliphatic rings. The van der Waals surface area contributed by atoms with Gasteiger partial charge >= 0.3 is 0 Å². The molecule has 0 saturated heterocycles. The first-order valence-electron chi connectivity index (χ1n) is 6.74. The maximum Gasteiger partial charge on any atom is 0.0955 e. The Morgan fingerprint density at radius 1 is 1.26 bits per heavy atom. The first-order chi connectivity index (χ1) is 8.93. The van der Waals surface area contributed by atoms with Gasteiger partial charge in [-0.2, -0.15) is 0 Å². The summed E-state index contributed by atoms with van der Waals surface area (Å²) in [5, 5.41) is 3.28. The molecular formula is C16H23N3. The number of nitrogens with zero attached hydrogens (tertiary/aromatic N) is 2. The van der Waals surface area contributed by atoms with Gasteiger partial charge in [0.1, 0.15) is 0 Å². The summed E-state index contributed by atoms with van der Waals surface area (Å²) in [6.45, 7) is 8.74. The molecule has 1 heterocycles. The van der Waals surface area contributed by atoms with E-state index in [2.05, 4.69) is 66.8 Å². The molecular weight excluding hydrogens is 234 g/mol. The molecule has 0 saturated carbocycles. The third kappa shape index (κ3) is 2.87. The van der Waals surface area contributed by atoms with Crippen LogP contribution in [0.5, 0.6) is 0 Å². The number of nitrogens with one attached hydrogen (secondary N) is 1. The molecule has 2 aromatic rings. The second-order valence-corrected chi connectivity index (χ2v) is 5.96. The summed E-state index contributed by atoms with van der Waals surface area (Å²) in [4.78, 5) is 4.31. The van der Waals surface area contributed by atoms with Crippen molar-refractivity contribution in [2.24, 2.45) is 0 Å². The molecule has 0 amide bonds. The summed E-state index contributed by atoms with van der Waals surface area (Å²) in [7, 11) is 1.98. The van der Waals surface area contributed by atoms with Crippen LogP contribution in [0.4, 0.5) is 0 Å². The van der Waals surface area contributed by atoms with E-state index >= 15 is 0 Å². The average Bonchev–Trinajstić information content (AvgIpc) is 2.87. The summed E-state index contributed by atoms with van der Waals surface area (Å²) in [6.07, 6.45) is 3.85. The van der Waals surface area contributed by atoms with E-state index in [4.69, 9.17) is 0 Å². The molecule has 1 aromatic heterocycles. The number of imidazole rings is 1. The maximum absolute atomic E-state index is 4.31. The fourth-order valence-corrected chi connectivity index (χ4v) is 2.18. The third-order valence-corrected chi connectivity index (χ3v) is 3.48. The lowest BCUT2D eigenvalue weighted by Crippen LogP contribution is -2.21. The molecule has 1 unspecified atom stereocenters. The molecule has 3 heteroatoms. The highest BCUT2D eigenvalue weighted by atomic mass is 15.1. The van der Waals surface area contributed by atoms with Crippen molar-refractivity contribution in [2.45, 2.75) is 39.3 Å². The normalized spacial score (nSPS) is 13.5. The van der Waals surface area contributed by atoms with Gasteiger partial charge in [0.2, 0.25) is 0 Å². The molecule has 0 aliphatic carbocycles. The van der Waals surface area contributed by atoms with E-state index in [1.54, 1.807) is 0 Å². The van der Waals surface area contributed by atoms with Gasteiger partial charge < -0.3 is 9.88 Å². The zero-order chi connectivity index (χ0) is 14.0. The second kappa shape index (κ2) is 5.17. The summed E-state index contributed by atoms with van der Waals surface area (Å²) in [5.74, 6) is 0. The van der Waals surface area contributed by atoms with Gasteiger partial charge in [0.05, 0.1) is 18.2 Å². The minimum absolute atomic E-state index is 0.0382. The number of benzene rings is 1. The molecule has 0 fully saturated rings. The summed E-state index contributed by atoms with van der Waals surface area (Å²) in [6, 6.07) is 9.00. The van der Waals surface area contributed by atoms with Gasteiger partial charge in [-0.15, -0.1) is 0 Å². The van der Waals surface area contributed by atoms with E-state index in [0.717, 1.165) is 5.69 Å². The highest BCUT2D eigenvalue weighted by Crippen LogP contribution is 2.27. The van der Waals surface area contributed by atoms with Gasteiger partial charge in [-0.25, -0.2) is 4.98 Å². The molecule has 1 aromatic carbocycles. The van der Waals surface area contributed by atoms with Gasteiger partial charge in [-0.1, -0.05) is 18.2 Å². The number of hydrogen-bond acceptors (Lipinski definition) is 2. The van der Waals surface area contributed by atoms with Gasteiger partial charge in [-0.3, -0.25) is 0 Å². The van der Waals surface area contributed by atoms with Crippen molar-refractivity contribution in [2.75, 3.05) is 7.05 Å². The van der Waals surface area contributed by atoms with Crippen molar-refractivity contribution in [3.63, 3.8) is 0 Å². The zero-order valence-corrected chi connectivity index (χ0v) is 12.4. The van der Waals surface area contributed by atoms with E-state index < -0.39 is 0 Å². The largest absolute Gasteiger partial charge is 0.325 e. The molecule has 102 valence electrons. The number of rotatable bonds is 3. The van der Waals surface area contributed by atoms with Crippen molar-refractivity contribution in [3.8, 4) is 11.3 Å².